The van der Waals surface area contributed by atoms with E-state index in [4.69, 9.17) is 5.11 Å². The Bertz CT molecular complexity index is 326. The Balaban J connectivity index is 2.32. The Morgan fingerprint density at radius 3 is 2.85 bits per heavy atom. The third-order valence-electron chi connectivity index (χ3n) is 3.79. The highest BCUT2D eigenvalue weighted by atomic mass is 32.2. The maximum atomic E-state index is 11.9. The first-order valence-electron chi connectivity index (χ1n) is 7.61. The summed E-state index contributed by atoms with van der Waals surface area (Å²) < 4.78 is 11.9. The van der Waals surface area contributed by atoms with Crippen LogP contribution >= 0.6 is 0 Å². The number of carbonyl (C=O) groups excluding carboxylic acids is 1. The molecule has 118 valence electrons. The molecule has 1 rings (SSSR count). The van der Waals surface area contributed by atoms with Gasteiger partial charge < -0.3 is 15.7 Å². The average Bonchev–Trinajstić information content (AvgIpc) is 2.44. The van der Waals surface area contributed by atoms with Gasteiger partial charge in [-0.1, -0.05) is 13.3 Å². The molecule has 1 fully saturated rings. The smallest absolute Gasteiger partial charge is 0.315 e. The highest BCUT2D eigenvalue weighted by Gasteiger charge is 2.26. The first-order valence-corrected chi connectivity index (χ1v) is 9.00. The zero-order valence-electron chi connectivity index (χ0n) is 12.6. The lowest BCUT2D eigenvalue weighted by molar-refractivity contribution is 0.227. The van der Waals surface area contributed by atoms with E-state index in [1.54, 1.807) is 0 Å². The molecular weight excluding hydrogens is 276 g/mol. The minimum absolute atomic E-state index is 0.0614. The van der Waals surface area contributed by atoms with Gasteiger partial charge in [0.15, 0.2) is 0 Å². The lowest BCUT2D eigenvalue weighted by Gasteiger charge is -2.29. The number of aliphatic hydroxyl groups excluding tert-OH is 1. The van der Waals surface area contributed by atoms with Crippen LogP contribution in [0.5, 0.6) is 0 Å². The topological polar surface area (TPSA) is 78.4 Å². The fourth-order valence-electron chi connectivity index (χ4n) is 2.67. The van der Waals surface area contributed by atoms with Gasteiger partial charge in [0.05, 0.1) is 0 Å². The number of nitrogens with one attached hydrogen (secondary N) is 2. The third kappa shape index (κ3) is 6.22. The van der Waals surface area contributed by atoms with Gasteiger partial charge in [-0.3, -0.25) is 4.21 Å². The van der Waals surface area contributed by atoms with E-state index in [2.05, 4.69) is 10.6 Å². The molecule has 1 aliphatic carbocycles. The predicted molar refractivity (Wildman–Crippen MR) is 82.2 cm³/mol. The number of hydrogen-bond acceptors (Lipinski definition) is 3. The quantitative estimate of drug-likeness (QED) is 0.667. The minimum Gasteiger partial charge on any atom is -0.396 e. The van der Waals surface area contributed by atoms with Crippen LogP contribution in [0.2, 0.25) is 0 Å². The van der Waals surface area contributed by atoms with E-state index in [0.29, 0.717) is 12.2 Å². The van der Waals surface area contributed by atoms with E-state index < -0.39 is 10.8 Å². The molecule has 4 atom stereocenters. The van der Waals surface area contributed by atoms with Crippen molar-refractivity contribution in [2.24, 2.45) is 0 Å². The van der Waals surface area contributed by atoms with Gasteiger partial charge in [-0.25, -0.2) is 4.79 Å². The van der Waals surface area contributed by atoms with E-state index in [9.17, 15) is 9.00 Å². The van der Waals surface area contributed by atoms with Crippen molar-refractivity contribution in [1.29, 1.82) is 0 Å². The number of carbonyl (C=O) groups is 1. The first-order chi connectivity index (χ1) is 9.56. The monoisotopic (exact) mass is 304 g/mol. The van der Waals surface area contributed by atoms with E-state index in [1.165, 1.54) is 0 Å². The highest BCUT2D eigenvalue weighted by Crippen LogP contribution is 2.22. The van der Waals surface area contributed by atoms with E-state index in [1.807, 2.05) is 13.8 Å². The lowest BCUT2D eigenvalue weighted by atomic mass is 9.95. The van der Waals surface area contributed by atoms with Gasteiger partial charge in [0.25, 0.3) is 0 Å². The van der Waals surface area contributed by atoms with Crippen LogP contribution in [0.25, 0.3) is 0 Å². The van der Waals surface area contributed by atoms with Crippen molar-refractivity contribution in [1.82, 2.24) is 10.6 Å². The van der Waals surface area contributed by atoms with E-state index in [-0.39, 0.29) is 30.0 Å². The fourth-order valence-corrected chi connectivity index (χ4v) is 4.02. The molecule has 3 N–H and O–H groups in total. The van der Waals surface area contributed by atoms with E-state index >= 15 is 0 Å². The normalized spacial score (nSPS) is 25.8. The molecule has 0 bridgehead atoms. The average molecular weight is 304 g/mol. The van der Waals surface area contributed by atoms with Gasteiger partial charge >= 0.3 is 6.03 Å². The van der Waals surface area contributed by atoms with Crippen LogP contribution in [-0.4, -0.2) is 45.0 Å². The molecule has 0 aromatic carbocycles. The summed E-state index contributed by atoms with van der Waals surface area (Å²) in [7, 11) is -0.763. The Labute approximate surface area is 124 Å². The van der Waals surface area contributed by atoms with E-state index in [0.717, 1.165) is 32.1 Å². The number of amides is 2. The second-order valence-electron chi connectivity index (χ2n) is 5.54. The molecule has 0 radical (unpaired) electrons. The van der Waals surface area contributed by atoms with Gasteiger partial charge in [0.2, 0.25) is 0 Å². The highest BCUT2D eigenvalue weighted by molar-refractivity contribution is 7.85. The third-order valence-corrected chi connectivity index (χ3v) is 5.53. The van der Waals surface area contributed by atoms with Gasteiger partial charge in [0.1, 0.15) is 0 Å². The molecule has 4 unspecified atom stereocenters. The minimum atomic E-state index is -0.763. The van der Waals surface area contributed by atoms with Crippen LogP contribution in [0.1, 0.15) is 52.4 Å². The summed E-state index contributed by atoms with van der Waals surface area (Å²) in [6.07, 6.45) is 5.29. The fraction of sp³-hybridized carbons (Fsp3) is 0.929. The molecule has 20 heavy (non-hydrogen) atoms. The summed E-state index contributed by atoms with van der Waals surface area (Å²) in [5, 5.41) is 14.9. The maximum absolute atomic E-state index is 11.9. The molecule has 0 heterocycles. The van der Waals surface area contributed by atoms with Gasteiger partial charge in [-0.2, -0.15) is 0 Å². The van der Waals surface area contributed by atoms with Crippen LogP contribution < -0.4 is 10.6 Å². The van der Waals surface area contributed by atoms with Crippen LogP contribution in [-0.2, 0) is 10.8 Å². The molecule has 0 aliphatic heterocycles. The van der Waals surface area contributed by atoms with Crippen LogP contribution in [0.4, 0.5) is 4.79 Å². The second kappa shape index (κ2) is 9.34. The Kier molecular flexibility index (Phi) is 8.14. The van der Waals surface area contributed by atoms with Crippen molar-refractivity contribution in [2.75, 3.05) is 12.4 Å². The molecule has 5 nitrogen and oxygen atoms in total. The second-order valence-corrected chi connectivity index (χ2v) is 7.55. The van der Waals surface area contributed by atoms with Crippen molar-refractivity contribution in [3.05, 3.63) is 0 Å². The van der Waals surface area contributed by atoms with Gasteiger partial charge in [-0.05, 0) is 39.0 Å². The van der Waals surface area contributed by atoms with Gasteiger partial charge in [0, 0.05) is 40.5 Å². The predicted octanol–water partition coefficient (Wildman–Crippen LogP) is 1.53. The van der Waals surface area contributed by atoms with Gasteiger partial charge in [-0.15, -0.1) is 0 Å². The molecule has 2 amide bonds. The number of hydrogen-bond donors (Lipinski definition) is 3. The molecule has 0 aromatic rings. The molecule has 1 aliphatic rings. The standard InChI is InChI=1S/C14H28N2O3S/c1-3-20(19)13-8-4-7-12(10-13)16-14(18)15-11(2)6-5-9-17/h11-13,17H,3-10H2,1-2H3,(H2,15,16,18). The van der Waals surface area contributed by atoms with Crippen molar-refractivity contribution < 1.29 is 14.1 Å². The Morgan fingerprint density at radius 1 is 1.45 bits per heavy atom. The number of rotatable bonds is 7. The molecule has 1 saturated carbocycles. The summed E-state index contributed by atoms with van der Waals surface area (Å²) in [6, 6.07) is 0.0453. The van der Waals surface area contributed by atoms with Crippen molar-refractivity contribution in [3.63, 3.8) is 0 Å². The van der Waals surface area contributed by atoms with Crippen LogP contribution in [0.15, 0.2) is 0 Å². The van der Waals surface area contributed by atoms with Crippen molar-refractivity contribution in [3.8, 4) is 0 Å². The zero-order valence-corrected chi connectivity index (χ0v) is 13.4. The number of aliphatic hydroxyl groups is 1. The Hall–Kier alpha value is -0.620. The maximum Gasteiger partial charge on any atom is 0.315 e. The first kappa shape index (κ1) is 17.4. The molecule has 0 aromatic heterocycles. The Morgan fingerprint density at radius 2 is 2.20 bits per heavy atom. The lowest BCUT2D eigenvalue weighted by Crippen LogP contribution is -2.48. The van der Waals surface area contributed by atoms with Crippen molar-refractivity contribution >= 4 is 16.8 Å². The van der Waals surface area contributed by atoms with Crippen molar-refractivity contribution in [2.45, 2.75) is 69.7 Å². The zero-order chi connectivity index (χ0) is 15.0. The molecule has 0 saturated heterocycles. The van der Waals surface area contributed by atoms with Crippen LogP contribution in [0.3, 0.4) is 0 Å². The largest absolute Gasteiger partial charge is 0.396 e. The summed E-state index contributed by atoms with van der Waals surface area (Å²) in [4.78, 5) is 11.9. The van der Waals surface area contributed by atoms with Crippen LogP contribution in [0, 0.1) is 0 Å². The summed E-state index contributed by atoms with van der Waals surface area (Å²) in [5.41, 5.74) is 0. The molecule has 0 spiro atoms. The summed E-state index contributed by atoms with van der Waals surface area (Å²) >= 11 is 0. The number of urea groups is 1. The summed E-state index contributed by atoms with van der Waals surface area (Å²) in [6.45, 7) is 4.04. The molecule has 6 heteroatoms. The SMILES string of the molecule is CCS(=O)C1CCCC(NC(=O)NC(C)CCCO)C1. The summed E-state index contributed by atoms with van der Waals surface area (Å²) in [5.74, 6) is 0.696. The molecular formula is C14H28N2O3S.